The zero-order valence-electron chi connectivity index (χ0n) is 29.3. The van der Waals surface area contributed by atoms with Crippen molar-refractivity contribution in [3.63, 3.8) is 0 Å². The molecule has 8 aromatic rings. The summed E-state index contributed by atoms with van der Waals surface area (Å²) in [7, 11) is 0. The molecule has 1 aliphatic heterocycles. The molecular weight excluding hydrogens is 679 g/mol. The first-order chi connectivity index (χ1) is 26.7. The zero-order valence-corrected chi connectivity index (χ0v) is 30.1. The first-order valence-electron chi connectivity index (χ1n) is 18.5. The van der Waals surface area contributed by atoms with Gasteiger partial charge >= 0.3 is 0 Å². The van der Waals surface area contributed by atoms with Gasteiger partial charge in [0.15, 0.2) is 17.5 Å². The predicted octanol–water partition coefficient (Wildman–Crippen LogP) is 10.5. The standard InChI is InChI=1S/C49H33N3OS/c1-2-12-31(13-3-1)47-50-48(52-49(51-47)40-19-10-22-44-46(40)39-17-6-7-21-43(39)54-44)36-16-8-15-35(28-36)37-18-9-20-41-45(37)38-26-25-34(29-42(38)53-41)33-24-23-30-11-4-5-14-32(30)27-33/h1-23,25-29,33,41,45H,24H2. The van der Waals surface area contributed by atoms with Crippen molar-refractivity contribution in [1.29, 1.82) is 0 Å². The zero-order chi connectivity index (χ0) is 35.6. The molecule has 3 atom stereocenters. The summed E-state index contributed by atoms with van der Waals surface area (Å²) < 4.78 is 9.16. The molecule has 0 saturated carbocycles. The van der Waals surface area contributed by atoms with Crippen LogP contribution in [0.1, 0.15) is 34.9 Å². The highest BCUT2D eigenvalue weighted by Crippen LogP contribution is 2.49. The van der Waals surface area contributed by atoms with Crippen LogP contribution in [0.5, 0.6) is 5.75 Å². The minimum Gasteiger partial charge on any atom is -0.485 e. The third-order valence-corrected chi connectivity index (χ3v) is 12.2. The first-order valence-corrected chi connectivity index (χ1v) is 19.3. The monoisotopic (exact) mass is 711 g/mol. The van der Waals surface area contributed by atoms with Gasteiger partial charge in [-0.15, -0.1) is 11.3 Å². The maximum atomic E-state index is 6.68. The summed E-state index contributed by atoms with van der Waals surface area (Å²) in [5.74, 6) is 3.38. The second-order valence-electron chi connectivity index (χ2n) is 14.2. The molecule has 11 rings (SSSR count). The Hall–Kier alpha value is -6.43. The van der Waals surface area contributed by atoms with Gasteiger partial charge in [0.05, 0.1) is 5.92 Å². The normalized spacial score (nSPS) is 18.2. The Labute approximate surface area is 316 Å². The third kappa shape index (κ3) is 5.23. The molecule has 54 heavy (non-hydrogen) atoms. The lowest BCUT2D eigenvalue weighted by Crippen LogP contribution is -2.27. The first kappa shape index (κ1) is 31.1. The molecule has 256 valence electrons. The number of allylic oxidation sites excluding steroid dienone is 2. The van der Waals surface area contributed by atoms with Crippen LogP contribution in [0.25, 0.3) is 72.1 Å². The molecule has 4 nitrogen and oxygen atoms in total. The van der Waals surface area contributed by atoms with E-state index in [1.165, 1.54) is 47.3 Å². The Morgan fingerprint density at radius 3 is 2.28 bits per heavy atom. The van der Waals surface area contributed by atoms with E-state index in [2.05, 4.69) is 152 Å². The van der Waals surface area contributed by atoms with Crippen molar-refractivity contribution in [2.24, 2.45) is 0 Å². The van der Waals surface area contributed by atoms with E-state index in [0.717, 1.165) is 34.4 Å². The highest BCUT2D eigenvalue weighted by Gasteiger charge is 2.37. The van der Waals surface area contributed by atoms with Gasteiger partial charge < -0.3 is 4.74 Å². The van der Waals surface area contributed by atoms with Crippen LogP contribution in [-0.4, -0.2) is 21.1 Å². The van der Waals surface area contributed by atoms with Crippen molar-refractivity contribution in [1.82, 2.24) is 15.0 Å². The number of nitrogens with zero attached hydrogens (tertiary/aromatic N) is 3. The van der Waals surface area contributed by atoms with Crippen molar-refractivity contribution in [3.8, 4) is 39.9 Å². The summed E-state index contributed by atoms with van der Waals surface area (Å²) in [5, 5.41) is 5.02. The molecule has 3 aliphatic rings. The molecule has 5 heteroatoms. The minimum atomic E-state index is -0.0593. The number of hydrogen-bond acceptors (Lipinski definition) is 5. The van der Waals surface area contributed by atoms with Crippen LogP contribution in [0.4, 0.5) is 0 Å². The quantitative estimate of drug-likeness (QED) is 0.178. The van der Waals surface area contributed by atoms with E-state index >= 15 is 0 Å². The SMILES string of the molecule is C1=CC2Oc3cc(C4C=c5ccccc5=CC4)ccc3C2C(c2cccc(-c3nc(-c4ccccc4)nc(-c4cccc5sc6ccccc6c45)n3)c2)=C1. The molecule has 0 saturated heterocycles. The molecule has 2 aliphatic carbocycles. The van der Waals surface area contributed by atoms with Crippen LogP contribution < -0.4 is 15.2 Å². The van der Waals surface area contributed by atoms with Gasteiger partial charge in [0, 0.05) is 48.3 Å². The second-order valence-corrected chi connectivity index (χ2v) is 15.3. The number of rotatable bonds is 5. The molecule has 0 radical (unpaired) electrons. The summed E-state index contributed by atoms with van der Waals surface area (Å²) in [6.45, 7) is 0. The number of ether oxygens (including phenoxy) is 1. The average molecular weight is 712 g/mol. The number of benzene rings is 6. The van der Waals surface area contributed by atoms with Crippen molar-refractivity contribution in [3.05, 3.63) is 185 Å². The summed E-state index contributed by atoms with van der Waals surface area (Å²) in [6, 6.07) is 49.3. The lowest BCUT2D eigenvalue weighted by Gasteiger charge is -2.23. The van der Waals surface area contributed by atoms with Gasteiger partial charge in [0.2, 0.25) is 0 Å². The molecular formula is C49H33N3OS. The summed E-state index contributed by atoms with van der Waals surface area (Å²) in [6.07, 6.45) is 12.2. The maximum Gasteiger partial charge on any atom is 0.164 e. The van der Waals surface area contributed by atoms with Crippen molar-refractivity contribution in [2.45, 2.75) is 24.4 Å². The minimum absolute atomic E-state index is 0.0593. The molecule has 3 heterocycles. The average Bonchev–Trinajstić information content (AvgIpc) is 3.82. The fourth-order valence-corrected chi connectivity index (χ4v) is 9.57. The Balaban J connectivity index is 0.989. The number of hydrogen-bond donors (Lipinski definition) is 0. The Kier molecular flexibility index (Phi) is 7.27. The van der Waals surface area contributed by atoms with E-state index in [1.54, 1.807) is 11.3 Å². The molecule has 2 aromatic heterocycles. The smallest absolute Gasteiger partial charge is 0.164 e. The summed E-state index contributed by atoms with van der Waals surface area (Å²) in [4.78, 5) is 15.4. The van der Waals surface area contributed by atoms with E-state index in [1.807, 2.05) is 18.2 Å². The molecule has 0 spiro atoms. The second kappa shape index (κ2) is 12.6. The van der Waals surface area contributed by atoms with Gasteiger partial charge in [0.1, 0.15) is 11.9 Å². The third-order valence-electron chi connectivity index (χ3n) is 11.0. The highest BCUT2D eigenvalue weighted by molar-refractivity contribution is 7.25. The topological polar surface area (TPSA) is 47.9 Å². The van der Waals surface area contributed by atoms with E-state index < -0.39 is 0 Å². The van der Waals surface area contributed by atoms with E-state index in [9.17, 15) is 0 Å². The van der Waals surface area contributed by atoms with Crippen LogP contribution in [0.3, 0.4) is 0 Å². The fourth-order valence-electron chi connectivity index (χ4n) is 8.44. The lowest BCUT2D eigenvalue weighted by molar-refractivity contribution is 0.271. The molecule has 0 bridgehead atoms. The van der Waals surface area contributed by atoms with Gasteiger partial charge in [-0.25, -0.2) is 15.0 Å². The van der Waals surface area contributed by atoms with Gasteiger partial charge in [-0.1, -0.05) is 140 Å². The van der Waals surface area contributed by atoms with Crippen LogP contribution in [0.15, 0.2) is 158 Å². The lowest BCUT2D eigenvalue weighted by atomic mass is 9.80. The Morgan fingerprint density at radius 2 is 1.35 bits per heavy atom. The molecule has 0 fully saturated rings. The summed E-state index contributed by atoms with van der Waals surface area (Å²) >= 11 is 1.80. The highest BCUT2D eigenvalue weighted by atomic mass is 32.1. The largest absolute Gasteiger partial charge is 0.485 e. The van der Waals surface area contributed by atoms with Crippen molar-refractivity contribution in [2.75, 3.05) is 0 Å². The maximum absolute atomic E-state index is 6.68. The van der Waals surface area contributed by atoms with Crippen molar-refractivity contribution >= 4 is 49.2 Å². The Bertz CT molecular complexity index is 2980. The van der Waals surface area contributed by atoms with E-state index in [-0.39, 0.29) is 12.0 Å². The van der Waals surface area contributed by atoms with Crippen LogP contribution in [0, 0.1) is 0 Å². The molecule has 0 amide bonds. The van der Waals surface area contributed by atoms with Gasteiger partial charge in [-0.3, -0.25) is 0 Å². The van der Waals surface area contributed by atoms with Gasteiger partial charge in [-0.05, 0) is 63.9 Å². The molecule has 0 N–H and O–H groups in total. The van der Waals surface area contributed by atoms with Gasteiger partial charge in [0.25, 0.3) is 0 Å². The number of thiophene rings is 1. The molecule has 3 unspecified atom stereocenters. The molecule has 6 aromatic carbocycles. The van der Waals surface area contributed by atoms with Crippen LogP contribution >= 0.6 is 11.3 Å². The van der Waals surface area contributed by atoms with E-state index in [4.69, 9.17) is 19.7 Å². The number of fused-ring (bicyclic) bond motifs is 7. The van der Waals surface area contributed by atoms with Gasteiger partial charge in [-0.2, -0.15) is 0 Å². The van der Waals surface area contributed by atoms with E-state index in [0.29, 0.717) is 23.4 Å². The number of aromatic nitrogens is 3. The fraction of sp³-hybridized carbons (Fsp3) is 0.0816. The van der Waals surface area contributed by atoms with Crippen molar-refractivity contribution < 1.29 is 4.74 Å². The summed E-state index contributed by atoms with van der Waals surface area (Å²) in [5.41, 5.74) is 7.80. The van der Waals surface area contributed by atoms with Crippen LogP contribution in [-0.2, 0) is 0 Å². The Morgan fingerprint density at radius 1 is 0.611 bits per heavy atom. The predicted molar refractivity (Wildman–Crippen MR) is 222 cm³/mol. The van der Waals surface area contributed by atoms with Crippen LogP contribution in [0.2, 0.25) is 0 Å².